The van der Waals surface area contributed by atoms with E-state index in [0.717, 1.165) is 12.8 Å². The van der Waals surface area contributed by atoms with Gasteiger partial charge < -0.3 is 0 Å². The molecule has 0 saturated carbocycles. The van der Waals surface area contributed by atoms with E-state index in [1.165, 1.54) is 4.90 Å². The molecule has 0 atom stereocenters. The zero-order valence-corrected chi connectivity index (χ0v) is 10.1. The summed E-state index contributed by atoms with van der Waals surface area (Å²) >= 11 is 0. The van der Waals surface area contributed by atoms with Gasteiger partial charge in [0.1, 0.15) is 0 Å². The third kappa shape index (κ3) is 2.11. The first-order valence-corrected chi connectivity index (χ1v) is 5.89. The predicted molar refractivity (Wildman–Crippen MR) is 62.4 cm³/mol. The number of imide groups is 1. The SMILES string of the molecule is C#CCCCN1C(=O)CC(CC)(CC)C1=O. The van der Waals surface area contributed by atoms with Crippen molar-refractivity contribution in [2.75, 3.05) is 6.54 Å². The minimum Gasteiger partial charge on any atom is -0.282 e. The zero-order valence-electron chi connectivity index (χ0n) is 10.1. The van der Waals surface area contributed by atoms with Crippen LogP contribution in [-0.2, 0) is 9.59 Å². The molecule has 0 N–H and O–H groups in total. The summed E-state index contributed by atoms with van der Waals surface area (Å²) in [4.78, 5) is 25.3. The van der Waals surface area contributed by atoms with Gasteiger partial charge in [-0.05, 0) is 19.3 Å². The molecule has 0 radical (unpaired) electrons. The maximum atomic E-state index is 12.1. The van der Waals surface area contributed by atoms with E-state index in [4.69, 9.17) is 6.42 Å². The van der Waals surface area contributed by atoms with E-state index in [1.54, 1.807) is 0 Å². The minimum absolute atomic E-state index is 0.000443. The summed E-state index contributed by atoms with van der Waals surface area (Å²) in [6.45, 7) is 4.42. The second-order valence-corrected chi connectivity index (χ2v) is 4.32. The fraction of sp³-hybridized carbons (Fsp3) is 0.692. The van der Waals surface area contributed by atoms with Gasteiger partial charge >= 0.3 is 0 Å². The summed E-state index contributed by atoms with van der Waals surface area (Å²) in [7, 11) is 0. The summed E-state index contributed by atoms with van der Waals surface area (Å²) in [6.07, 6.45) is 8.31. The predicted octanol–water partition coefficient (Wildman–Crippen LogP) is 1.97. The van der Waals surface area contributed by atoms with Crippen molar-refractivity contribution in [3.8, 4) is 12.3 Å². The molecule has 1 heterocycles. The molecule has 2 amide bonds. The van der Waals surface area contributed by atoms with Gasteiger partial charge in [-0.1, -0.05) is 13.8 Å². The van der Waals surface area contributed by atoms with Gasteiger partial charge in [-0.15, -0.1) is 12.3 Å². The number of rotatable bonds is 5. The van der Waals surface area contributed by atoms with E-state index < -0.39 is 5.41 Å². The van der Waals surface area contributed by atoms with E-state index in [2.05, 4.69) is 5.92 Å². The molecular weight excluding hydrogens is 202 g/mol. The monoisotopic (exact) mass is 221 g/mol. The number of carbonyl (C=O) groups is 2. The highest BCUT2D eigenvalue weighted by molar-refractivity contribution is 6.05. The lowest BCUT2D eigenvalue weighted by atomic mass is 9.81. The van der Waals surface area contributed by atoms with Gasteiger partial charge in [-0.2, -0.15) is 0 Å². The lowest BCUT2D eigenvalue weighted by Crippen LogP contribution is -2.35. The Hall–Kier alpha value is -1.30. The Bertz CT molecular complexity index is 323. The molecule has 0 spiro atoms. The Labute approximate surface area is 97.2 Å². The van der Waals surface area contributed by atoms with Crippen molar-refractivity contribution in [1.29, 1.82) is 0 Å². The summed E-state index contributed by atoms with van der Waals surface area (Å²) in [5, 5.41) is 0. The fourth-order valence-electron chi connectivity index (χ4n) is 2.23. The third-order valence-corrected chi connectivity index (χ3v) is 3.55. The third-order valence-electron chi connectivity index (χ3n) is 3.55. The molecule has 0 bridgehead atoms. The number of hydrogen-bond acceptors (Lipinski definition) is 2. The molecular formula is C13H19NO2. The topological polar surface area (TPSA) is 37.4 Å². The van der Waals surface area contributed by atoms with E-state index in [9.17, 15) is 9.59 Å². The summed E-state index contributed by atoms with van der Waals surface area (Å²) < 4.78 is 0. The molecule has 1 saturated heterocycles. The molecule has 0 aromatic rings. The van der Waals surface area contributed by atoms with Gasteiger partial charge in [0.05, 0.1) is 5.41 Å². The number of likely N-dealkylation sites (tertiary alicyclic amines) is 1. The Morgan fingerprint density at radius 3 is 2.44 bits per heavy atom. The van der Waals surface area contributed by atoms with Crippen LogP contribution >= 0.6 is 0 Å². The number of carbonyl (C=O) groups excluding carboxylic acids is 2. The first-order chi connectivity index (χ1) is 7.61. The van der Waals surface area contributed by atoms with Gasteiger partial charge in [0.2, 0.25) is 11.8 Å². The molecule has 3 heteroatoms. The van der Waals surface area contributed by atoms with Gasteiger partial charge in [0.25, 0.3) is 0 Å². The first kappa shape index (κ1) is 12.8. The van der Waals surface area contributed by atoms with Crippen LogP contribution in [0.2, 0.25) is 0 Å². The largest absolute Gasteiger partial charge is 0.282 e. The number of unbranched alkanes of at least 4 members (excludes halogenated alkanes) is 1. The lowest BCUT2D eigenvalue weighted by Gasteiger charge is -2.23. The molecule has 0 aromatic heterocycles. The highest BCUT2D eigenvalue weighted by atomic mass is 16.2. The molecule has 1 rings (SSSR count). The van der Waals surface area contributed by atoms with Crippen LogP contribution in [0.25, 0.3) is 0 Å². The molecule has 1 aliphatic rings. The summed E-state index contributed by atoms with van der Waals surface area (Å²) in [5.41, 5.74) is -0.437. The highest BCUT2D eigenvalue weighted by Gasteiger charge is 2.48. The molecule has 0 unspecified atom stereocenters. The fourth-order valence-corrected chi connectivity index (χ4v) is 2.23. The van der Waals surface area contributed by atoms with Gasteiger partial charge in [0, 0.05) is 19.4 Å². The molecule has 88 valence electrons. The first-order valence-electron chi connectivity index (χ1n) is 5.89. The molecule has 0 aliphatic carbocycles. The molecule has 3 nitrogen and oxygen atoms in total. The Kier molecular flexibility index (Phi) is 4.12. The van der Waals surface area contributed by atoms with Crippen molar-refractivity contribution >= 4 is 11.8 Å². The quantitative estimate of drug-likeness (QED) is 0.404. The maximum absolute atomic E-state index is 12.1. The maximum Gasteiger partial charge on any atom is 0.235 e. The normalized spacial score (nSPS) is 18.9. The van der Waals surface area contributed by atoms with Crippen LogP contribution in [0.15, 0.2) is 0 Å². The van der Waals surface area contributed by atoms with Crippen LogP contribution in [0.5, 0.6) is 0 Å². The van der Waals surface area contributed by atoms with Gasteiger partial charge in [-0.25, -0.2) is 0 Å². The number of amides is 2. The van der Waals surface area contributed by atoms with Crippen LogP contribution in [0.4, 0.5) is 0 Å². The van der Waals surface area contributed by atoms with Gasteiger partial charge in [-0.3, -0.25) is 14.5 Å². The number of terminal acetylenes is 1. The van der Waals surface area contributed by atoms with Crippen LogP contribution in [-0.4, -0.2) is 23.3 Å². The van der Waals surface area contributed by atoms with Crippen LogP contribution in [0, 0.1) is 17.8 Å². The Morgan fingerprint density at radius 2 is 2.00 bits per heavy atom. The standard InChI is InChI=1S/C13H19NO2/c1-4-7-8-9-14-11(15)10-13(5-2,6-3)12(14)16/h1H,5-10H2,2-3H3. The van der Waals surface area contributed by atoms with Crippen molar-refractivity contribution in [2.45, 2.75) is 46.0 Å². The van der Waals surface area contributed by atoms with Crippen molar-refractivity contribution in [3.05, 3.63) is 0 Å². The minimum atomic E-state index is -0.437. The van der Waals surface area contributed by atoms with E-state index in [1.807, 2.05) is 13.8 Å². The van der Waals surface area contributed by atoms with Crippen LogP contribution < -0.4 is 0 Å². The number of nitrogens with zero attached hydrogens (tertiary/aromatic N) is 1. The Morgan fingerprint density at radius 1 is 1.38 bits per heavy atom. The van der Waals surface area contributed by atoms with Crippen molar-refractivity contribution in [1.82, 2.24) is 4.90 Å². The van der Waals surface area contributed by atoms with E-state index in [-0.39, 0.29) is 11.8 Å². The Balaban J connectivity index is 2.71. The highest BCUT2D eigenvalue weighted by Crippen LogP contribution is 2.39. The smallest absolute Gasteiger partial charge is 0.235 e. The second kappa shape index (κ2) is 5.16. The molecule has 1 fully saturated rings. The van der Waals surface area contributed by atoms with Crippen molar-refractivity contribution < 1.29 is 9.59 Å². The van der Waals surface area contributed by atoms with Crippen LogP contribution in [0.3, 0.4) is 0 Å². The number of hydrogen-bond donors (Lipinski definition) is 0. The average Bonchev–Trinajstić information content (AvgIpc) is 2.53. The molecule has 0 aromatic carbocycles. The average molecular weight is 221 g/mol. The van der Waals surface area contributed by atoms with Gasteiger partial charge in [0.15, 0.2) is 0 Å². The van der Waals surface area contributed by atoms with E-state index in [0.29, 0.717) is 25.8 Å². The van der Waals surface area contributed by atoms with Crippen LogP contribution in [0.1, 0.15) is 46.0 Å². The van der Waals surface area contributed by atoms with Crippen molar-refractivity contribution in [2.24, 2.45) is 5.41 Å². The van der Waals surface area contributed by atoms with Crippen molar-refractivity contribution in [3.63, 3.8) is 0 Å². The summed E-state index contributed by atoms with van der Waals surface area (Å²) in [6, 6.07) is 0. The second-order valence-electron chi connectivity index (χ2n) is 4.32. The lowest BCUT2D eigenvalue weighted by molar-refractivity contribution is -0.141. The molecule has 16 heavy (non-hydrogen) atoms. The zero-order chi connectivity index (χ0) is 12.2. The summed E-state index contributed by atoms with van der Waals surface area (Å²) in [5.74, 6) is 2.48. The van der Waals surface area contributed by atoms with E-state index >= 15 is 0 Å². The molecule has 1 aliphatic heterocycles.